The Bertz CT molecular complexity index is 2280. The molecule has 6 heterocycles. The van der Waals surface area contributed by atoms with Gasteiger partial charge in [-0.3, -0.25) is 24.2 Å². The number of aromatic nitrogens is 10. The van der Waals surface area contributed by atoms with Crippen molar-refractivity contribution >= 4 is 31.4 Å². The SMILES string of the molecule is Cn1nnc(-c2ccc(-c3ccc(N4CC(CO[PH](=O)CC[C@H]5CN(c6ccc(-c7ccc(-c8nnn(C)n8)nc7)c(F)c6)C(=O)O5)CC4=O)cc3F)cn2)n1. The fraction of sp³-hybridized carbons (Fsp3) is 0.278. The highest BCUT2D eigenvalue weighted by Gasteiger charge is 2.34. The Hall–Kier alpha value is -6.33. The first-order chi connectivity index (χ1) is 27.1. The largest absolute Gasteiger partial charge is 0.444 e. The van der Waals surface area contributed by atoms with Crippen LogP contribution in [0.4, 0.5) is 25.0 Å². The van der Waals surface area contributed by atoms with Crippen molar-refractivity contribution in [1.82, 2.24) is 50.4 Å². The van der Waals surface area contributed by atoms with E-state index < -0.39 is 31.9 Å². The quantitative estimate of drug-likeness (QED) is 0.155. The third-order valence-electron chi connectivity index (χ3n) is 9.38. The van der Waals surface area contributed by atoms with Crippen molar-refractivity contribution in [3.8, 4) is 45.3 Å². The number of cyclic esters (lactones) is 1. The number of benzene rings is 2. The van der Waals surface area contributed by atoms with Crippen LogP contribution in [0.2, 0.25) is 0 Å². The number of tetrazole rings is 2. The minimum absolute atomic E-state index is 0.0803. The van der Waals surface area contributed by atoms with E-state index in [9.17, 15) is 14.2 Å². The van der Waals surface area contributed by atoms with Gasteiger partial charge >= 0.3 is 6.09 Å². The molecule has 2 aliphatic rings. The summed E-state index contributed by atoms with van der Waals surface area (Å²) in [6, 6.07) is 15.8. The van der Waals surface area contributed by atoms with Gasteiger partial charge in [0.15, 0.2) is 8.03 Å². The number of hydrogen-bond donors (Lipinski definition) is 0. The lowest BCUT2D eigenvalue weighted by atomic mass is 10.1. The molecule has 2 saturated heterocycles. The Kier molecular flexibility index (Phi) is 10.1. The number of nitrogens with zero attached hydrogens (tertiary/aromatic N) is 12. The van der Waals surface area contributed by atoms with Crippen molar-refractivity contribution in [3.63, 3.8) is 0 Å². The van der Waals surface area contributed by atoms with E-state index in [1.165, 1.54) is 43.9 Å². The van der Waals surface area contributed by atoms with E-state index in [0.29, 0.717) is 56.7 Å². The Balaban J connectivity index is 0.804. The predicted octanol–water partition coefficient (Wildman–Crippen LogP) is 4.73. The van der Waals surface area contributed by atoms with E-state index >= 15 is 8.78 Å². The average molecular weight is 783 g/mol. The molecule has 4 aromatic heterocycles. The molecule has 17 nitrogen and oxygen atoms in total. The van der Waals surface area contributed by atoms with Crippen molar-refractivity contribution < 1.29 is 32.2 Å². The molecule has 0 spiro atoms. The third kappa shape index (κ3) is 7.76. The van der Waals surface area contributed by atoms with Crippen molar-refractivity contribution in [3.05, 3.63) is 84.7 Å². The first-order valence-electron chi connectivity index (χ1n) is 17.5. The molecule has 0 radical (unpaired) electrons. The van der Waals surface area contributed by atoms with Crippen LogP contribution >= 0.6 is 8.03 Å². The van der Waals surface area contributed by atoms with Crippen LogP contribution in [-0.2, 0) is 32.7 Å². The summed E-state index contributed by atoms with van der Waals surface area (Å²) < 4.78 is 54.5. The predicted molar refractivity (Wildman–Crippen MR) is 197 cm³/mol. The zero-order valence-corrected chi connectivity index (χ0v) is 31.0. The smallest absolute Gasteiger partial charge is 0.414 e. The normalized spacial score (nSPS) is 17.5. The first-order valence-corrected chi connectivity index (χ1v) is 19.0. The number of amides is 2. The molecular weight excluding hydrogens is 749 g/mol. The molecule has 2 unspecified atom stereocenters. The topological polar surface area (TPSA) is 189 Å². The van der Waals surface area contributed by atoms with Gasteiger partial charge in [-0.05, 0) is 65.4 Å². The highest BCUT2D eigenvalue weighted by molar-refractivity contribution is 7.39. The molecule has 2 aliphatic heterocycles. The summed E-state index contributed by atoms with van der Waals surface area (Å²) in [5.41, 5.74) is 3.41. The molecule has 0 aliphatic carbocycles. The number of anilines is 2. The van der Waals surface area contributed by atoms with Crippen molar-refractivity contribution in [1.29, 1.82) is 0 Å². The third-order valence-corrected chi connectivity index (χ3v) is 10.6. The lowest BCUT2D eigenvalue weighted by Crippen LogP contribution is -2.25. The molecule has 3 atom stereocenters. The van der Waals surface area contributed by atoms with Gasteiger partial charge in [0.2, 0.25) is 17.6 Å². The number of pyridine rings is 2. The van der Waals surface area contributed by atoms with E-state index in [4.69, 9.17) is 9.26 Å². The van der Waals surface area contributed by atoms with E-state index in [-0.39, 0.29) is 50.5 Å². The zero-order chi connectivity index (χ0) is 38.9. The molecule has 2 fully saturated rings. The van der Waals surface area contributed by atoms with Crippen LogP contribution in [-0.4, -0.2) is 94.3 Å². The van der Waals surface area contributed by atoms with E-state index in [1.54, 1.807) is 62.6 Å². The standard InChI is InChI=1S/C36H33F2N12O5P/c1-47-43-34(41-45-47)31-9-3-22(16-39-31)27-7-5-24(14-29(27)37)49-18-21(13-33(49)51)20-54-56(53)12-11-26-19-50(36(52)55-26)25-6-8-28(30(38)15-25)23-4-10-32(40-17-23)35-42-46-48(2)44-35/h3-10,14-17,21,26,56H,11-13,18-20H2,1-2H3/t21?,26-/m0/s1. The molecule has 6 aromatic rings. The van der Waals surface area contributed by atoms with Crippen LogP contribution in [0.3, 0.4) is 0 Å². The van der Waals surface area contributed by atoms with Crippen LogP contribution in [0, 0.1) is 17.6 Å². The number of carbonyl (C=O) groups excluding carboxylic acids is 2. The summed E-state index contributed by atoms with van der Waals surface area (Å²) in [5.74, 6) is -0.802. The van der Waals surface area contributed by atoms with Gasteiger partial charge in [-0.1, -0.05) is 12.1 Å². The Labute approximate surface area is 318 Å². The molecule has 56 heavy (non-hydrogen) atoms. The Morgan fingerprint density at radius 3 is 1.86 bits per heavy atom. The minimum Gasteiger partial charge on any atom is -0.444 e. The van der Waals surface area contributed by atoms with Gasteiger partial charge in [0.25, 0.3) is 0 Å². The molecule has 2 aromatic carbocycles. The maximum atomic E-state index is 15.3. The van der Waals surface area contributed by atoms with Crippen LogP contribution in [0.15, 0.2) is 73.1 Å². The summed E-state index contributed by atoms with van der Waals surface area (Å²) in [4.78, 5) is 39.7. The second-order valence-electron chi connectivity index (χ2n) is 13.3. The summed E-state index contributed by atoms with van der Waals surface area (Å²) in [6.07, 6.45) is 2.41. The maximum Gasteiger partial charge on any atom is 0.414 e. The highest BCUT2D eigenvalue weighted by atomic mass is 31.1. The number of rotatable bonds is 12. The monoisotopic (exact) mass is 782 g/mol. The number of hydrogen-bond acceptors (Lipinski definition) is 13. The summed E-state index contributed by atoms with van der Waals surface area (Å²) in [7, 11) is 0.755. The van der Waals surface area contributed by atoms with E-state index in [0.717, 1.165) is 0 Å². The van der Waals surface area contributed by atoms with Gasteiger partial charge in [0.05, 0.1) is 32.9 Å². The lowest BCUT2D eigenvalue weighted by Gasteiger charge is -2.18. The molecule has 0 bridgehead atoms. The van der Waals surface area contributed by atoms with Gasteiger partial charge in [-0.25, -0.2) is 13.6 Å². The Morgan fingerprint density at radius 1 is 0.786 bits per heavy atom. The van der Waals surface area contributed by atoms with Gasteiger partial charge in [0.1, 0.15) is 29.1 Å². The van der Waals surface area contributed by atoms with Crippen molar-refractivity contribution in [2.75, 3.05) is 35.7 Å². The summed E-state index contributed by atoms with van der Waals surface area (Å²) >= 11 is 0. The first kappa shape index (κ1) is 36.6. The molecule has 286 valence electrons. The van der Waals surface area contributed by atoms with Gasteiger partial charge in [-0.15, -0.1) is 20.4 Å². The molecule has 0 saturated carbocycles. The van der Waals surface area contributed by atoms with Crippen LogP contribution in [0.1, 0.15) is 12.8 Å². The number of ether oxygens (including phenoxy) is 1. The van der Waals surface area contributed by atoms with Crippen molar-refractivity contribution in [2.24, 2.45) is 20.0 Å². The van der Waals surface area contributed by atoms with Gasteiger partial charge < -0.3 is 14.2 Å². The molecule has 20 heteroatoms. The fourth-order valence-electron chi connectivity index (χ4n) is 6.54. The fourth-order valence-corrected chi connectivity index (χ4v) is 7.67. The minimum atomic E-state index is -2.53. The van der Waals surface area contributed by atoms with Crippen LogP contribution < -0.4 is 9.80 Å². The molecular formula is C36H33F2N12O5P. The highest BCUT2D eigenvalue weighted by Crippen LogP contribution is 2.34. The van der Waals surface area contributed by atoms with Crippen LogP contribution in [0.5, 0.6) is 0 Å². The zero-order valence-electron chi connectivity index (χ0n) is 30.0. The lowest BCUT2D eigenvalue weighted by molar-refractivity contribution is -0.117. The second kappa shape index (κ2) is 15.4. The van der Waals surface area contributed by atoms with Gasteiger partial charge in [-0.2, -0.15) is 9.59 Å². The molecule has 2 amide bonds. The Morgan fingerprint density at radius 2 is 1.36 bits per heavy atom. The average Bonchev–Trinajstić information content (AvgIpc) is 4.00. The van der Waals surface area contributed by atoms with E-state index in [1.807, 2.05) is 0 Å². The summed E-state index contributed by atoms with van der Waals surface area (Å²) in [5, 5.41) is 23.7. The number of halogens is 2. The maximum absolute atomic E-state index is 15.3. The molecule has 0 N–H and O–H groups in total. The van der Waals surface area contributed by atoms with E-state index in [2.05, 4.69) is 40.8 Å². The molecule has 8 rings (SSSR count). The second-order valence-corrected chi connectivity index (χ2v) is 14.8. The van der Waals surface area contributed by atoms with Crippen LogP contribution in [0.25, 0.3) is 45.3 Å². The number of aryl methyl sites for hydroxylation is 2. The number of carbonyl (C=O) groups is 2. The van der Waals surface area contributed by atoms with Gasteiger partial charge in [0, 0.05) is 65.4 Å². The summed E-state index contributed by atoms with van der Waals surface area (Å²) in [6.45, 7) is 0.509. The van der Waals surface area contributed by atoms with Crippen molar-refractivity contribution in [2.45, 2.75) is 18.9 Å².